The molecule has 12 heteroatoms. The minimum Gasteiger partial charge on any atom is -0.506 e. The second kappa shape index (κ2) is 15.3. The van der Waals surface area contributed by atoms with Crippen LogP contribution < -0.4 is 4.74 Å². The first-order valence-electron chi connectivity index (χ1n) is 12.8. The molecular weight excluding hydrogens is 572 g/mol. The number of carbonyl (C=O) groups excluding carboxylic acids is 6. The van der Waals surface area contributed by atoms with Gasteiger partial charge in [-0.25, -0.2) is 14.4 Å². The number of Topliss-reactive ketones (excluding diaryl/α,β-unsaturated/α-hetero) is 3. The molecule has 2 aromatic carbocycles. The summed E-state index contributed by atoms with van der Waals surface area (Å²) in [6, 6.07) is 14.5. The predicted molar refractivity (Wildman–Crippen MR) is 154 cm³/mol. The van der Waals surface area contributed by atoms with Crippen LogP contribution >= 0.6 is 0 Å². The number of ketones is 3. The molecule has 0 spiro atoms. The number of aromatic hydroxyl groups is 1. The molecule has 0 atom stereocenters. The Morgan fingerprint density at radius 1 is 0.614 bits per heavy atom. The van der Waals surface area contributed by atoms with E-state index in [0.29, 0.717) is 5.56 Å². The SMILES string of the molecule is COC(=O)c1cccc(C(=O)CC(=O)c2ccncc2)c1O.COC(=O)c1cccc(C(C)=O)c1OC(=O)c1ccncc1. The number of pyridine rings is 2. The van der Waals surface area contributed by atoms with Crippen LogP contribution in [-0.4, -0.2) is 64.6 Å². The molecule has 0 bridgehead atoms. The van der Waals surface area contributed by atoms with Crippen molar-refractivity contribution in [2.75, 3.05) is 14.2 Å². The summed E-state index contributed by atoms with van der Waals surface area (Å²) in [5.74, 6) is -4.04. The number of benzene rings is 2. The van der Waals surface area contributed by atoms with Crippen LogP contribution in [0.5, 0.6) is 11.5 Å². The summed E-state index contributed by atoms with van der Waals surface area (Å²) in [5, 5.41) is 10.0. The molecule has 0 aliphatic heterocycles. The van der Waals surface area contributed by atoms with E-state index in [1.807, 2.05) is 0 Å². The molecule has 0 fully saturated rings. The number of ether oxygens (including phenoxy) is 3. The third-order valence-electron chi connectivity index (χ3n) is 5.98. The van der Waals surface area contributed by atoms with E-state index in [1.54, 1.807) is 0 Å². The lowest BCUT2D eigenvalue weighted by Gasteiger charge is -2.12. The maximum atomic E-state index is 12.2. The van der Waals surface area contributed by atoms with Gasteiger partial charge in [0.1, 0.15) is 16.9 Å². The van der Waals surface area contributed by atoms with Gasteiger partial charge in [-0.05, 0) is 55.5 Å². The third kappa shape index (κ3) is 8.03. The third-order valence-corrected chi connectivity index (χ3v) is 5.98. The molecule has 0 aliphatic rings. The summed E-state index contributed by atoms with van der Waals surface area (Å²) in [7, 11) is 2.38. The highest BCUT2D eigenvalue weighted by Crippen LogP contribution is 2.27. The van der Waals surface area contributed by atoms with E-state index < -0.39 is 41.6 Å². The van der Waals surface area contributed by atoms with Gasteiger partial charge in [-0.2, -0.15) is 0 Å². The van der Waals surface area contributed by atoms with E-state index in [-0.39, 0.29) is 39.4 Å². The Bertz CT molecular complexity index is 1700. The van der Waals surface area contributed by atoms with E-state index in [1.165, 1.54) is 107 Å². The number of aromatic nitrogens is 2. The Kier molecular flexibility index (Phi) is 11.3. The van der Waals surface area contributed by atoms with Crippen LogP contribution in [0.3, 0.4) is 0 Å². The number of hydrogen-bond donors (Lipinski definition) is 1. The van der Waals surface area contributed by atoms with Crippen molar-refractivity contribution in [1.29, 1.82) is 0 Å². The maximum absolute atomic E-state index is 12.2. The van der Waals surface area contributed by atoms with Gasteiger partial charge in [0, 0.05) is 30.4 Å². The molecule has 0 radical (unpaired) electrons. The fraction of sp³-hybridized carbons (Fsp3) is 0.125. The number of nitrogens with zero attached hydrogens (tertiary/aromatic N) is 2. The first-order chi connectivity index (χ1) is 21.1. The summed E-state index contributed by atoms with van der Waals surface area (Å²) < 4.78 is 14.4. The van der Waals surface area contributed by atoms with Crippen molar-refractivity contribution in [2.24, 2.45) is 0 Å². The molecule has 0 unspecified atom stereocenters. The summed E-state index contributed by atoms with van der Waals surface area (Å²) in [6.07, 6.45) is 5.37. The van der Waals surface area contributed by atoms with Gasteiger partial charge in [0.05, 0.1) is 37.3 Å². The summed E-state index contributed by atoms with van der Waals surface area (Å²) in [5.41, 5.74) is 0.536. The quantitative estimate of drug-likeness (QED) is 0.125. The molecule has 0 saturated heterocycles. The van der Waals surface area contributed by atoms with Crippen LogP contribution in [0.4, 0.5) is 0 Å². The fourth-order valence-electron chi connectivity index (χ4n) is 3.76. The molecule has 4 rings (SSSR count). The van der Waals surface area contributed by atoms with Crippen LogP contribution in [-0.2, 0) is 9.47 Å². The van der Waals surface area contributed by atoms with Gasteiger partial charge in [0.15, 0.2) is 23.1 Å². The maximum Gasteiger partial charge on any atom is 0.343 e. The van der Waals surface area contributed by atoms with Crippen LogP contribution in [0.25, 0.3) is 0 Å². The number of esters is 3. The number of para-hydroxylation sites is 2. The van der Waals surface area contributed by atoms with Gasteiger partial charge in [0.25, 0.3) is 0 Å². The van der Waals surface area contributed by atoms with Crippen molar-refractivity contribution in [3.05, 3.63) is 119 Å². The highest BCUT2D eigenvalue weighted by molar-refractivity contribution is 6.15. The van der Waals surface area contributed by atoms with Crippen molar-refractivity contribution in [1.82, 2.24) is 9.97 Å². The summed E-state index contributed by atoms with van der Waals surface area (Å²) >= 11 is 0. The Hall–Kier alpha value is -6.04. The van der Waals surface area contributed by atoms with Crippen molar-refractivity contribution >= 4 is 35.3 Å². The fourth-order valence-corrected chi connectivity index (χ4v) is 3.76. The van der Waals surface area contributed by atoms with Crippen molar-refractivity contribution < 1.29 is 48.1 Å². The zero-order valence-electron chi connectivity index (χ0n) is 23.8. The predicted octanol–water partition coefficient (Wildman–Crippen LogP) is 4.32. The number of hydrogen-bond acceptors (Lipinski definition) is 12. The second-order valence-corrected chi connectivity index (χ2v) is 8.81. The standard InChI is InChI=1S/2C16H13NO5/c1-10(18)12-4-3-5-13(16(20)21-2)14(12)22-15(19)11-6-8-17-9-7-11;1-22-16(21)12-4-2-3-11(15(12)20)14(19)9-13(18)10-5-7-17-8-6-10/h3-9H,1-2H3;2-8,20H,9H2,1H3. The molecule has 44 heavy (non-hydrogen) atoms. The zero-order valence-corrected chi connectivity index (χ0v) is 23.8. The number of phenols is 1. The van der Waals surface area contributed by atoms with E-state index in [2.05, 4.69) is 19.4 Å². The Morgan fingerprint density at radius 3 is 1.64 bits per heavy atom. The van der Waals surface area contributed by atoms with E-state index in [4.69, 9.17) is 4.74 Å². The Labute approximate surface area is 251 Å². The molecule has 0 aliphatic carbocycles. The van der Waals surface area contributed by atoms with E-state index in [9.17, 15) is 33.9 Å². The van der Waals surface area contributed by atoms with Crippen molar-refractivity contribution in [3.63, 3.8) is 0 Å². The average molecular weight is 599 g/mol. The lowest BCUT2D eigenvalue weighted by atomic mass is 9.99. The molecule has 1 N–H and O–H groups in total. The largest absolute Gasteiger partial charge is 0.506 e. The molecule has 2 aromatic heterocycles. The van der Waals surface area contributed by atoms with Crippen LogP contribution in [0.15, 0.2) is 85.5 Å². The number of methoxy groups -OCH3 is 2. The molecular formula is C32H26N2O10. The smallest absolute Gasteiger partial charge is 0.343 e. The zero-order chi connectivity index (χ0) is 32.2. The van der Waals surface area contributed by atoms with Gasteiger partial charge >= 0.3 is 17.9 Å². The van der Waals surface area contributed by atoms with Gasteiger partial charge in [-0.3, -0.25) is 24.4 Å². The number of phenolic OH excluding ortho intramolecular Hbond substituents is 1. The second-order valence-electron chi connectivity index (χ2n) is 8.81. The highest BCUT2D eigenvalue weighted by Gasteiger charge is 2.23. The molecule has 2 heterocycles. The Morgan fingerprint density at radius 2 is 1.09 bits per heavy atom. The monoisotopic (exact) mass is 598 g/mol. The van der Waals surface area contributed by atoms with Gasteiger partial charge < -0.3 is 19.3 Å². The highest BCUT2D eigenvalue weighted by atomic mass is 16.5. The first kappa shape index (κ1) is 32.5. The average Bonchev–Trinajstić information content (AvgIpc) is 3.05. The van der Waals surface area contributed by atoms with Gasteiger partial charge in [0.2, 0.25) is 0 Å². The van der Waals surface area contributed by atoms with Crippen LogP contribution in [0.1, 0.15) is 75.5 Å². The minimum absolute atomic E-state index is 0.0117. The van der Waals surface area contributed by atoms with Crippen LogP contribution in [0, 0.1) is 0 Å². The van der Waals surface area contributed by atoms with Crippen molar-refractivity contribution in [2.45, 2.75) is 13.3 Å². The van der Waals surface area contributed by atoms with E-state index >= 15 is 0 Å². The summed E-state index contributed by atoms with van der Waals surface area (Å²) in [6.45, 7) is 1.32. The van der Waals surface area contributed by atoms with E-state index in [0.717, 1.165) is 0 Å². The number of rotatable bonds is 9. The molecule has 224 valence electrons. The van der Waals surface area contributed by atoms with Crippen molar-refractivity contribution in [3.8, 4) is 11.5 Å². The van der Waals surface area contributed by atoms with Gasteiger partial charge in [-0.1, -0.05) is 12.1 Å². The van der Waals surface area contributed by atoms with Gasteiger partial charge in [-0.15, -0.1) is 0 Å². The topological polar surface area (TPSA) is 176 Å². The first-order valence-corrected chi connectivity index (χ1v) is 12.8. The van der Waals surface area contributed by atoms with Crippen LogP contribution in [0.2, 0.25) is 0 Å². The summed E-state index contributed by atoms with van der Waals surface area (Å²) in [4.78, 5) is 78.9. The number of carbonyl (C=O) groups is 6. The Balaban J connectivity index is 0.000000240. The molecule has 4 aromatic rings. The molecule has 12 nitrogen and oxygen atoms in total. The lowest BCUT2D eigenvalue weighted by molar-refractivity contribution is 0.0583. The molecule has 0 amide bonds. The normalized spacial score (nSPS) is 9.98. The minimum atomic E-state index is -0.757. The lowest BCUT2D eigenvalue weighted by Crippen LogP contribution is -2.15. The molecule has 0 saturated carbocycles.